The van der Waals surface area contributed by atoms with Crippen LogP contribution in [0.15, 0.2) is 59.6 Å². The number of pyridine rings is 1. The van der Waals surface area contributed by atoms with E-state index in [4.69, 9.17) is 0 Å². The van der Waals surface area contributed by atoms with Crippen molar-refractivity contribution in [3.05, 3.63) is 66.0 Å². The highest BCUT2D eigenvalue weighted by atomic mass is 32.2. The van der Waals surface area contributed by atoms with Crippen molar-refractivity contribution in [1.82, 2.24) is 19.5 Å². The molecule has 2 N–H and O–H groups in total. The van der Waals surface area contributed by atoms with Crippen LogP contribution in [0.4, 0.5) is 5.82 Å². The molecule has 2 heterocycles. The number of rotatable bonds is 6. The van der Waals surface area contributed by atoms with Gasteiger partial charge < -0.3 is 5.32 Å². The lowest BCUT2D eigenvalue weighted by Crippen LogP contribution is -2.30. The lowest BCUT2D eigenvalue weighted by Gasteiger charge is -2.13. The zero-order valence-electron chi connectivity index (χ0n) is 18.2. The smallest absolute Gasteiger partial charge is 0.256 e. The van der Waals surface area contributed by atoms with E-state index in [-0.39, 0.29) is 21.9 Å². The standard InChI is InChI=1S/C22H27N5O3S/c1-15(2)26-31(29,30)17-10-8-9-16(13-17)21(28)24-20-14-18(22(3,4)5)25-27(20)19-11-6-7-12-23-19/h6-15,26H,1-5H3,(H,24,28). The topological polar surface area (TPSA) is 106 Å². The van der Waals surface area contributed by atoms with Gasteiger partial charge in [0.25, 0.3) is 5.91 Å². The molecule has 2 aromatic heterocycles. The van der Waals surface area contributed by atoms with Crippen LogP contribution in [0.3, 0.4) is 0 Å². The minimum Gasteiger partial charge on any atom is -0.306 e. The summed E-state index contributed by atoms with van der Waals surface area (Å²) in [6, 6.07) is 12.9. The normalized spacial score (nSPS) is 12.2. The third-order valence-electron chi connectivity index (χ3n) is 4.38. The molecule has 0 atom stereocenters. The van der Waals surface area contributed by atoms with Crippen LogP contribution in [0.25, 0.3) is 5.82 Å². The van der Waals surface area contributed by atoms with Gasteiger partial charge in [-0.1, -0.05) is 32.9 Å². The molecule has 0 aliphatic rings. The van der Waals surface area contributed by atoms with Crippen LogP contribution < -0.4 is 10.0 Å². The van der Waals surface area contributed by atoms with Gasteiger partial charge in [0.15, 0.2) is 5.82 Å². The summed E-state index contributed by atoms with van der Waals surface area (Å²) in [6.45, 7) is 9.55. The number of carbonyl (C=O) groups is 1. The maximum atomic E-state index is 13.0. The quantitative estimate of drug-likeness (QED) is 0.609. The number of sulfonamides is 1. The van der Waals surface area contributed by atoms with E-state index in [1.165, 1.54) is 12.1 Å². The van der Waals surface area contributed by atoms with E-state index >= 15 is 0 Å². The van der Waals surface area contributed by atoms with Gasteiger partial charge in [0, 0.05) is 29.3 Å². The van der Waals surface area contributed by atoms with Crippen LogP contribution in [0.1, 0.15) is 50.7 Å². The molecule has 1 aromatic carbocycles. The fraction of sp³-hybridized carbons (Fsp3) is 0.318. The molecular formula is C22H27N5O3S. The Bertz CT molecular complexity index is 1180. The van der Waals surface area contributed by atoms with Crippen LogP contribution in [-0.2, 0) is 15.4 Å². The third-order valence-corrected chi connectivity index (χ3v) is 6.04. The number of amides is 1. The van der Waals surface area contributed by atoms with Gasteiger partial charge in [0.1, 0.15) is 5.82 Å². The summed E-state index contributed by atoms with van der Waals surface area (Å²) in [7, 11) is -3.71. The van der Waals surface area contributed by atoms with Crippen molar-refractivity contribution in [3.63, 3.8) is 0 Å². The molecule has 3 rings (SSSR count). The molecule has 0 bridgehead atoms. The Hall–Kier alpha value is -3.04. The Balaban J connectivity index is 1.96. The summed E-state index contributed by atoms with van der Waals surface area (Å²) in [5.74, 6) is 0.562. The van der Waals surface area contributed by atoms with E-state index < -0.39 is 15.9 Å². The van der Waals surface area contributed by atoms with Crippen molar-refractivity contribution in [2.75, 3.05) is 5.32 Å². The Morgan fingerprint density at radius 1 is 1.06 bits per heavy atom. The van der Waals surface area contributed by atoms with E-state index in [0.29, 0.717) is 11.6 Å². The van der Waals surface area contributed by atoms with Crippen LogP contribution >= 0.6 is 0 Å². The van der Waals surface area contributed by atoms with E-state index in [9.17, 15) is 13.2 Å². The lowest BCUT2D eigenvalue weighted by molar-refractivity contribution is 0.102. The number of aromatic nitrogens is 3. The van der Waals surface area contributed by atoms with Crippen molar-refractivity contribution >= 4 is 21.7 Å². The Kier molecular flexibility index (Phi) is 6.28. The van der Waals surface area contributed by atoms with Crippen molar-refractivity contribution < 1.29 is 13.2 Å². The second-order valence-electron chi connectivity index (χ2n) is 8.52. The van der Waals surface area contributed by atoms with Crippen LogP contribution in [-0.4, -0.2) is 35.1 Å². The molecule has 31 heavy (non-hydrogen) atoms. The van der Waals surface area contributed by atoms with E-state index in [2.05, 4.69) is 20.1 Å². The predicted molar refractivity (Wildman–Crippen MR) is 120 cm³/mol. The summed E-state index contributed by atoms with van der Waals surface area (Å²) in [6.07, 6.45) is 1.65. The summed E-state index contributed by atoms with van der Waals surface area (Å²) < 4.78 is 29.0. The summed E-state index contributed by atoms with van der Waals surface area (Å²) in [5, 5.41) is 7.47. The van der Waals surface area contributed by atoms with Crippen LogP contribution in [0.2, 0.25) is 0 Å². The average Bonchev–Trinajstić information content (AvgIpc) is 3.12. The van der Waals surface area contributed by atoms with Gasteiger partial charge in [-0.05, 0) is 44.2 Å². The van der Waals surface area contributed by atoms with Crippen molar-refractivity contribution in [2.45, 2.75) is 51.0 Å². The highest BCUT2D eigenvalue weighted by molar-refractivity contribution is 7.89. The molecule has 0 aliphatic carbocycles. The summed E-state index contributed by atoms with van der Waals surface area (Å²) in [4.78, 5) is 17.3. The number of anilines is 1. The fourth-order valence-corrected chi connectivity index (χ4v) is 4.16. The highest BCUT2D eigenvalue weighted by Gasteiger charge is 2.23. The average molecular weight is 442 g/mol. The van der Waals surface area contributed by atoms with Crippen LogP contribution in [0.5, 0.6) is 0 Å². The SMILES string of the molecule is CC(C)NS(=O)(=O)c1cccc(C(=O)Nc2cc(C(C)(C)C)nn2-c2ccccn2)c1. The summed E-state index contributed by atoms with van der Waals surface area (Å²) in [5.41, 5.74) is 0.763. The largest absolute Gasteiger partial charge is 0.306 e. The molecule has 1 amide bonds. The number of hydrogen-bond donors (Lipinski definition) is 2. The van der Waals surface area contributed by atoms with Gasteiger partial charge in [-0.3, -0.25) is 4.79 Å². The van der Waals surface area contributed by atoms with Crippen molar-refractivity contribution in [2.24, 2.45) is 0 Å². The maximum absolute atomic E-state index is 13.0. The van der Waals surface area contributed by atoms with Gasteiger partial charge in [-0.2, -0.15) is 9.78 Å². The monoisotopic (exact) mass is 441 g/mol. The van der Waals surface area contributed by atoms with Crippen molar-refractivity contribution in [3.8, 4) is 5.82 Å². The predicted octanol–water partition coefficient (Wildman–Crippen LogP) is 3.50. The lowest BCUT2D eigenvalue weighted by atomic mass is 9.92. The zero-order valence-corrected chi connectivity index (χ0v) is 19.1. The molecule has 0 aliphatic heterocycles. The Morgan fingerprint density at radius 3 is 2.42 bits per heavy atom. The van der Waals surface area contributed by atoms with E-state index in [1.807, 2.05) is 26.8 Å². The number of hydrogen-bond acceptors (Lipinski definition) is 5. The van der Waals surface area contributed by atoms with Crippen LogP contribution in [0, 0.1) is 0 Å². The van der Waals surface area contributed by atoms with E-state index in [0.717, 1.165) is 5.69 Å². The minimum atomic E-state index is -3.71. The minimum absolute atomic E-state index is 0.0301. The molecule has 0 saturated carbocycles. The van der Waals surface area contributed by atoms with Gasteiger partial charge >= 0.3 is 0 Å². The second kappa shape index (κ2) is 8.60. The third kappa shape index (κ3) is 5.36. The fourth-order valence-electron chi connectivity index (χ4n) is 2.86. The van der Waals surface area contributed by atoms with Crippen molar-refractivity contribution in [1.29, 1.82) is 0 Å². The first-order valence-corrected chi connectivity index (χ1v) is 11.4. The summed E-state index contributed by atoms with van der Waals surface area (Å²) >= 11 is 0. The molecule has 8 nitrogen and oxygen atoms in total. The first-order valence-electron chi connectivity index (χ1n) is 9.93. The Labute approximate surface area is 182 Å². The molecule has 0 radical (unpaired) electrons. The molecule has 0 fully saturated rings. The maximum Gasteiger partial charge on any atom is 0.256 e. The van der Waals surface area contributed by atoms with Gasteiger partial charge in [0.05, 0.1) is 10.6 Å². The molecule has 3 aromatic rings. The molecular weight excluding hydrogens is 414 g/mol. The second-order valence-corrected chi connectivity index (χ2v) is 10.2. The first-order chi connectivity index (χ1) is 14.5. The zero-order chi connectivity index (χ0) is 22.8. The Morgan fingerprint density at radius 2 is 1.81 bits per heavy atom. The van der Waals surface area contributed by atoms with Gasteiger partial charge in [-0.25, -0.2) is 18.1 Å². The highest BCUT2D eigenvalue weighted by Crippen LogP contribution is 2.26. The number of nitrogens with zero attached hydrogens (tertiary/aromatic N) is 3. The van der Waals surface area contributed by atoms with Gasteiger partial charge in [0.2, 0.25) is 10.0 Å². The molecule has 9 heteroatoms. The molecule has 0 spiro atoms. The first kappa shape index (κ1) is 22.6. The number of nitrogens with one attached hydrogen (secondary N) is 2. The van der Waals surface area contributed by atoms with E-state index in [1.54, 1.807) is 55.1 Å². The molecule has 164 valence electrons. The number of carbonyl (C=O) groups excluding carboxylic acids is 1. The molecule has 0 saturated heterocycles. The molecule has 0 unspecified atom stereocenters. The van der Waals surface area contributed by atoms with Gasteiger partial charge in [-0.15, -0.1) is 0 Å². The number of benzene rings is 1.